The molecule has 0 saturated carbocycles. The minimum absolute atomic E-state index is 0.215. The van der Waals surface area contributed by atoms with Gasteiger partial charge in [0.1, 0.15) is 12.4 Å². The van der Waals surface area contributed by atoms with E-state index >= 15 is 0 Å². The van der Waals surface area contributed by atoms with Crippen molar-refractivity contribution < 1.29 is 9.53 Å². The molecule has 4 nitrogen and oxygen atoms in total. The third-order valence-corrected chi connectivity index (χ3v) is 4.03. The van der Waals surface area contributed by atoms with Crippen molar-refractivity contribution in [1.82, 2.24) is 5.32 Å². The number of para-hydroxylation sites is 1. The normalized spacial score (nSPS) is 10.5. The summed E-state index contributed by atoms with van der Waals surface area (Å²) in [6.07, 6.45) is 0. The summed E-state index contributed by atoms with van der Waals surface area (Å²) in [5, 5.41) is 5.73. The predicted octanol–water partition coefficient (Wildman–Crippen LogP) is 4.63. The van der Waals surface area contributed by atoms with Gasteiger partial charge in [-0.2, -0.15) is 0 Å². The largest absolute Gasteiger partial charge is 0.491 e. The molecular formula is C20H26N2O2. The van der Waals surface area contributed by atoms with Crippen LogP contribution in [-0.4, -0.2) is 19.2 Å². The van der Waals surface area contributed by atoms with E-state index in [0.717, 1.165) is 22.6 Å². The van der Waals surface area contributed by atoms with Gasteiger partial charge in [0.15, 0.2) is 0 Å². The highest BCUT2D eigenvalue weighted by atomic mass is 16.5. The average Bonchev–Trinajstić information content (AvgIpc) is 2.55. The molecule has 24 heavy (non-hydrogen) atoms. The minimum Gasteiger partial charge on any atom is -0.491 e. The van der Waals surface area contributed by atoms with Gasteiger partial charge in [0.25, 0.3) is 0 Å². The zero-order chi connectivity index (χ0) is 17.5. The van der Waals surface area contributed by atoms with Gasteiger partial charge >= 0.3 is 6.03 Å². The molecule has 0 heterocycles. The second-order valence-electron chi connectivity index (χ2n) is 6.17. The summed E-state index contributed by atoms with van der Waals surface area (Å²) >= 11 is 0. The summed E-state index contributed by atoms with van der Waals surface area (Å²) < 4.78 is 5.74. The molecular weight excluding hydrogens is 300 g/mol. The van der Waals surface area contributed by atoms with Crippen LogP contribution in [-0.2, 0) is 0 Å². The third-order valence-electron chi connectivity index (χ3n) is 4.03. The molecule has 0 aliphatic carbocycles. The number of carbonyl (C=O) groups excluding carboxylic acids is 1. The number of hydrogen-bond donors (Lipinski definition) is 2. The van der Waals surface area contributed by atoms with Crippen LogP contribution in [0.5, 0.6) is 5.75 Å². The van der Waals surface area contributed by atoms with E-state index in [9.17, 15) is 4.79 Å². The number of anilines is 1. The first-order valence-electron chi connectivity index (χ1n) is 8.32. The van der Waals surface area contributed by atoms with Crippen molar-refractivity contribution >= 4 is 11.7 Å². The van der Waals surface area contributed by atoms with Crippen molar-refractivity contribution in [3.05, 3.63) is 59.2 Å². The number of amides is 2. The molecule has 0 saturated heterocycles. The van der Waals surface area contributed by atoms with Crippen LogP contribution in [0.1, 0.15) is 36.5 Å². The molecule has 0 spiro atoms. The lowest BCUT2D eigenvalue weighted by Crippen LogP contribution is -2.32. The lowest BCUT2D eigenvalue weighted by molar-refractivity contribution is 0.247. The summed E-state index contributed by atoms with van der Waals surface area (Å²) in [4.78, 5) is 12.0. The van der Waals surface area contributed by atoms with E-state index in [4.69, 9.17) is 4.74 Å². The fraction of sp³-hybridized carbons (Fsp3) is 0.350. The number of aryl methyl sites for hydroxylation is 1. The number of rotatable bonds is 6. The van der Waals surface area contributed by atoms with E-state index in [-0.39, 0.29) is 6.03 Å². The maximum absolute atomic E-state index is 12.0. The average molecular weight is 326 g/mol. The molecule has 2 amide bonds. The van der Waals surface area contributed by atoms with Gasteiger partial charge in [0.2, 0.25) is 0 Å². The van der Waals surface area contributed by atoms with Crippen LogP contribution in [0.4, 0.5) is 10.5 Å². The smallest absolute Gasteiger partial charge is 0.319 e. The van der Waals surface area contributed by atoms with Gasteiger partial charge in [-0.3, -0.25) is 0 Å². The summed E-state index contributed by atoms with van der Waals surface area (Å²) in [5.41, 5.74) is 4.30. The SMILES string of the molecule is Cc1cccc(OCCNC(=O)Nc2ccccc2C(C)C)c1C. The maximum Gasteiger partial charge on any atom is 0.319 e. The molecule has 2 rings (SSSR count). The third kappa shape index (κ3) is 4.75. The van der Waals surface area contributed by atoms with Crippen molar-refractivity contribution in [3.8, 4) is 5.75 Å². The summed E-state index contributed by atoms with van der Waals surface area (Å²) in [6.45, 7) is 9.19. The van der Waals surface area contributed by atoms with E-state index in [0.29, 0.717) is 19.1 Å². The number of ether oxygens (including phenoxy) is 1. The first-order chi connectivity index (χ1) is 11.5. The van der Waals surface area contributed by atoms with Crippen molar-refractivity contribution in [2.75, 3.05) is 18.5 Å². The molecule has 0 bridgehead atoms. The fourth-order valence-corrected chi connectivity index (χ4v) is 2.49. The van der Waals surface area contributed by atoms with Crippen LogP contribution in [0.25, 0.3) is 0 Å². The molecule has 0 atom stereocenters. The first-order valence-corrected chi connectivity index (χ1v) is 8.32. The Morgan fingerprint density at radius 2 is 1.83 bits per heavy atom. The van der Waals surface area contributed by atoms with Gasteiger partial charge in [-0.1, -0.05) is 44.2 Å². The zero-order valence-corrected chi connectivity index (χ0v) is 14.8. The number of carbonyl (C=O) groups is 1. The van der Waals surface area contributed by atoms with Crippen molar-refractivity contribution in [2.24, 2.45) is 0 Å². The Morgan fingerprint density at radius 3 is 2.58 bits per heavy atom. The number of nitrogens with one attached hydrogen (secondary N) is 2. The summed E-state index contributed by atoms with van der Waals surface area (Å²) in [6, 6.07) is 13.6. The molecule has 0 radical (unpaired) electrons. The second-order valence-corrected chi connectivity index (χ2v) is 6.17. The van der Waals surface area contributed by atoms with Crippen molar-refractivity contribution in [3.63, 3.8) is 0 Å². The van der Waals surface area contributed by atoms with E-state index in [1.54, 1.807) is 0 Å². The van der Waals surface area contributed by atoms with E-state index in [2.05, 4.69) is 37.5 Å². The number of urea groups is 1. The molecule has 0 aliphatic rings. The van der Waals surface area contributed by atoms with Gasteiger partial charge in [-0.15, -0.1) is 0 Å². The minimum atomic E-state index is -0.215. The lowest BCUT2D eigenvalue weighted by atomic mass is 10.0. The Morgan fingerprint density at radius 1 is 1.08 bits per heavy atom. The number of benzene rings is 2. The van der Waals surface area contributed by atoms with Crippen molar-refractivity contribution in [2.45, 2.75) is 33.6 Å². The van der Waals surface area contributed by atoms with Crippen LogP contribution < -0.4 is 15.4 Å². The Bertz CT molecular complexity index is 696. The maximum atomic E-state index is 12.0. The van der Waals surface area contributed by atoms with Crippen LogP contribution >= 0.6 is 0 Å². The Kier molecular flexibility index (Phi) is 6.24. The monoisotopic (exact) mass is 326 g/mol. The molecule has 0 aromatic heterocycles. The molecule has 2 aromatic rings. The highest BCUT2D eigenvalue weighted by Crippen LogP contribution is 2.23. The fourth-order valence-electron chi connectivity index (χ4n) is 2.49. The summed E-state index contributed by atoms with van der Waals surface area (Å²) in [7, 11) is 0. The van der Waals surface area contributed by atoms with Gasteiger partial charge in [-0.05, 0) is 48.6 Å². The van der Waals surface area contributed by atoms with Crippen LogP contribution in [0.3, 0.4) is 0 Å². The first kappa shape index (κ1) is 17.9. The molecule has 2 aromatic carbocycles. The van der Waals surface area contributed by atoms with Crippen LogP contribution in [0.15, 0.2) is 42.5 Å². The molecule has 0 unspecified atom stereocenters. The van der Waals surface area contributed by atoms with Gasteiger partial charge in [0, 0.05) is 5.69 Å². The topological polar surface area (TPSA) is 50.4 Å². The Hall–Kier alpha value is -2.49. The Labute approximate surface area is 144 Å². The standard InChI is InChI=1S/C20H26N2O2/c1-14(2)17-9-5-6-10-18(17)22-20(23)21-12-13-24-19-11-7-8-15(3)16(19)4/h5-11,14H,12-13H2,1-4H3,(H2,21,22,23). The zero-order valence-electron chi connectivity index (χ0n) is 14.8. The molecule has 2 N–H and O–H groups in total. The van der Waals surface area contributed by atoms with Crippen LogP contribution in [0, 0.1) is 13.8 Å². The van der Waals surface area contributed by atoms with Gasteiger partial charge in [0.05, 0.1) is 6.54 Å². The molecule has 4 heteroatoms. The highest BCUT2D eigenvalue weighted by Gasteiger charge is 2.08. The summed E-state index contributed by atoms with van der Waals surface area (Å²) in [5.74, 6) is 1.22. The van der Waals surface area contributed by atoms with E-state index in [1.807, 2.05) is 43.3 Å². The van der Waals surface area contributed by atoms with E-state index in [1.165, 1.54) is 5.56 Å². The van der Waals surface area contributed by atoms with Gasteiger partial charge < -0.3 is 15.4 Å². The molecule has 0 fully saturated rings. The van der Waals surface area contributed by atoms with E-state index < -0.39 is 0 Å². The molecule has 0 aliphatic heterocycles. The molecule has 128 valence electrons. The second kappa shape index (κ2) is 8.39. The lowest BCUT2D eigenvalue weighted by Gasteiger charge is -2.15. The highest BCUT2D eigenvalue weighted by molar-refractivity contribution is 5.90. The predicted molar refractivity (Wildman–Crippen MR) is 99.0 cm³/mol. The van der Waals surface area contributed by atoms with Crippen LogP contribution in [0.2, 0.25) is 0 Å². The number of hydrogen-bond acceptors (Lipinski definition) is 2. The Balaban J connectivity index is 1.81. The van der Waals surface area contributed by atoms with Crippen molar-refractivity contribution in [1.29, 1.82) is 0 Å². The quantitative estimate of drug-likeness (QED) is 0.761. The van der Waals surface area contributed by atoms with Gasteiger partial charge in [-0.25, -0.2) is 4.79 Å².